The number of carbonyl (C=O) groups is 1. The van der Waals surface area contributed by atoms with Gasteiger partial charge in [-0.05, 0) is 18.6 Å². The maximum Gasteiger partial charge on any atom is 0.493 e. The second-order valence-electron chi connectivity index (χ2n) is 7.82. The standard InChI is InChI=1S/C21H23F3N8O3/c1-2-3-8-30-17-15(12-28-31(18(17)33)13-14-4-5-16(25)27-11-14)32(35-19(34)21(22,23)24)20(30)29-9-6-26-7-10-29/h4-5,11-12,20,26H,6-10,13H2,1H3,(H2,25,27). The number of nitrogens with zero attached hydrogens (tertiary/aromatic N) is 6. The number of piperazine rings is 1. The molecule has 0 spiro atoms. The molecule has 35 heavy (non-hydrogen) atoms. The first kappa shape index (κ1) is 24.3. The lowest BCUT2D eigenvalue weighted by atomic mass is 10.3. The summed E-state index contributed by atoms with van der Waals surface area (Å²) in [5.41, 5.74) is 5.65. The van der Waals surface area contributed by atoms with Gasteiger partial charge in [-0.1, -0.05) is 12.0 Å². The number of nitrogens with one attached hydrogen (secondary N) is 1. The van der Waals surface area contributed by atoms with E-state index in [0.717, 1.165) is 9.75 Å². The monoisotopic (exact) mass is 492 g/mol. The predicted molar refractivity (Wildman–Crippen MR) is 120 cm³/mol. The number of nitrogens with two attached hydrogens (primary N) is 1. The molecule has 1 saturated heterocycles. The maximum absolute atomic E-state index is 13.5. The third kappa shape index (κ3) is 5.00. The molecule has 1 atom stereocenters. The first-order valence-corrected chi connectivity index (χ1v) is 10.7. The van der Waals surface area contributed by atoms with Crippen molar-refractivity contribution in [2.75, 3.05) is 48.4 Å². The number of anilines is 3. The van der Waals surface area contributed by atoms with Crippen LogP contribution < -0.4 is 26.6 Å². The van der Waals surface area contributed by atoms with Crippen molar-refractivity contribution in [2.24, 2.45) is 0 Å². The molecule has 0 radical (unpaired) electrons. The lowest BCUT2D eigenvalue weighted by Gasteiger charge is -2.40. The van der Waals surface area contributed by atoms with Crippen LogP contribution in [0.5, 0.6) is 0 Å². The van der Waals surface area contributed by atoms with Crippen molar-refractivity contribution < 1.29 is 22.8 Å². The molecule has 1 unspecified atom stereocenters. The van der Waals surface area contributed by atoms with E-state index in [-0.39, 0.29) is 24.5 Å². The van der Waals surface area contributed by atoms with Gasteiger partial charge in [0.05, 0.1) is 19.3 Å². The quantitative estimate of drug-likeness (QED) is 0.557. The van der Waals surface area contributed by atoms with Gasteiger partial charge in [-0.25, -0.2) is 14.5 Å². The average molecular weight is 492 g/mol. The van der Waals surface area contributed by atoms with Gasteiger partial charge in [0, 0.05) is 32.4 Å². The summed E-state index contributed by atoms with van der Waals surface area (Å²) in [5.74, 6) is 3.51. The normalized spacial score (nSPS) is 18.1. The summed E-state index contributed by atoms with van der Waals surface area (Å²) in [6.07, 6.45) is -3.53. The number of hydroxylamine groups is 1. The van der Waals surface area contributed by atoms with Gasteiger partial charge in [-0.3, -0.25) is 9.69 Å². The van der Waals surface area contributed by atoms with Crippen molar-refractivity contribution in [2.45, 2.75) is 25.9 Å². The van der Waals surface area contributed by atoms with Crippen molar-refractivity contribution >= 4 is 23.2 Å². The Kier molecular flexibility index (Phi) is 6.81. The van der Waals surface area contributed by atoms with E-state index >= 15 is 0 Å². The lowest BCUT2D eigenvalue weighted by molar-refractivity contribution is -0.203. The highest BCUT2D eigenvalue weighted by molar-refractivity contribution is 5.81. The van der Waals surface area contributed by atoms with E-state index in [1.165, 1.54) is 17.3 Å². The zero-order valence-corrected chi connectivity index (χ0v) is 18.7. The maximum atomic E-state index is 13.5. The number of fused-ring (bicyclic) bond motifs is 1. The van der Waals surface area contributed by atoms with Gasteiger partial charge in [0.2, 0.25) is 0 Å². The van der Waals surface area contributed by atoms with E-state index in [9.17, 15) is 22.8 Å². The second kappa shape index (κ2) is 9.80. The topological polar surface area (TPSA) is 122 Å². The number of hydrogen-bond acceptors (Lipinski definition) is 10. The minimum Gasteiger partial charge on any atom is -0.384 e. The van der Waals surface area contributed by atoms with Crippen LogP contribution in [0, 0.1) is 11.8 Å². The zero-order chi connectivity index (χ0) is 25.2. The van der Waals surface area contributed by atoms with Gasteiger partial charge >= 0.3 is 12.1 Å². The number of rotatable bonds is 5. The molecule has 1 fully saturated rings. The van der Waals surface area contributed by atoms with E-state index in [2.05, 4.69) is 27.2 Å². The summed E-state index contributed by atoms with van der Waals surface area (Å²) in [6, 6.07) is 3.26. The molecule has 2 aromatic heterocycles. The molecule has 4 heterocycles. The first-order chi connectivity index (χ1) is 16.7. The molecule has 14 heteroatoms. The molecule has 2 aromatic rings. The average Bonchev–Trinajstić information content (AvgIpc) is 3.14. The van der Waals surface area contributed by atoms with Crippen LogP contribution in [0.15, 0.2) is 29.3 Å². The van der Waals surface area contributed by atoms with Crippen LogP contribution in [0.2, 0.25) is 0 Å². The molecular weight excluding hydrogens is 469 g/mol. The first-order valence-electron chi connectivity index (χ1n) is 10.7. The Bertz CT molecular complexity index is 1200. The van der Waals surface area contributed by atoms with Crippen LogP contribution in [-0.2, 0) is 16.2 Å². The Morgan fingerprint density at radius 1 is 1.29 bits per heavy atom. The Hall–Kier alpha value is -3.83. The van der Waals surface area contributed by atoms with Crippen molar-refractivity contribution in [1.29, 1.82) is 0 Å². The van der Waals surface area contributed by atoms with Crippen molar-refractivity contribution in [3.05, 3.63) is 40.4 Å². The van der Waals surface area contributed by atoms with Gasteiger partial charge in [0.1, 0.15) is 17.2 Å². The highest BCUT2D eigenvalue weighted by Crippen LogP contribution is 2.38. The molecule has 0 aromatic carbocycles. The summed E-state index contributed by atoms with van der Waals surface area (Å²) in [4.78, 5) is 37.5. The summed E-state index contributed by atoms with van der Waals surface area (Å²) in [5, 5.41) is 8.08. The Morgan fingerprint density at radius 3 is 2.66 bits per heavy atom. The minimum atomic E-state index is -5.23. The van der Waals surface area contributed by atoms with E-state index in [0.29, 0.717) is 37.6 Å². The van der Waals surface area contributed by atoms with Crippen molar-refractivity contribution in [3.8, 4) is 11.8 Å². The van der Waals surface area contributed by atoms with Gasteiger partial charge < -0.3 is 20.8 Å². The third-order valence-corrected chi connectivity index (χ3v) is 5.51. The smallest absolute Gasteiger partial charge is 0.384 e. The molecule has 186 valence electrons. The Balaban J connectivity index is 1.79. The number of pyridine rings is 1. The van der Waals surface area contributed by atoms with Gasteiger partial charge in [-0.2, -0.15) is 23.3 Å². The lowest BCUT2D eigenvalue weighted by Crippen LogP contribution is -2.61. The van der Waals surface area contributed by atoms with Gasteiger partial charge in [0.15, 0.2) is 6.29 Å². The van der Waals surface area contributed by atoms with Crippen LogP contribution in [-0.4, -0.2) is 70.8 Å². The number of aromatic nitrogens is 3. The van der Waals surface area contributed by atoms with Crippen LogP contribution in [0.25, 0.3) is 0 Å². The summed E-state index contributed by atoms with van der Waals surface area (Å²) < 4.78 is 40.5. The molecule has 2 aliphatic heterocycles. The molecule has 4 rings (SSSR count). The molecular formula is C21H23F3N8O3. The third-order valence-electron chi connectivity index (χ3n) is 5.51. The second-order valence-corrected chi connectivity index (χ2v) is 7.82. The molecule has 11 nitrogen and oxygen atoms in total. The predicted octanol–water partition coefficient (Wildman–Crippen LogP) is 0.128. The SMILES string of the molecule is CC#CCN1c2c(cnn(Cc3ccc(N)nc3)c2=O)N(OC(=O)C(F)(F)F)C1N1CCNCC1. The number of nitrogen functional groups attached to an aromatic ring is 1. The number of halogens is 3. The Labute approximate surface area is 198 Å². The van der Waals surface area contributed by atoms with E-state index in [1.807, 2.05) is 4.90 Å². The fraction of sp³-hybridized carbons (Fsp3) is 0.429. The summed E-state index contributed by atoms with van der Waals surface area (Å²) >= 11 is 0. The summed E-state index contributed by atoms with van der Waals surface area (Å²) in [7, 11) is 0. The van der Waals surface area contributed by atoms with Gasteiger partial charge in [-0.15, -0.1) is 5.92 Å². The molecule has 3 N–H and O–H groups in total. The van der Waals surface area contributed by atoms with Crippen LogP contribution in [0.4, 0.5) is 30.4 Å². The highest BCUT2D eigenvalue weighted by atomic mass is 19.4. The molecule has 0 amide bonds. The van der Waals surface area contributed by atoms with E-state index in [1.54, 1.807) is 19.1 Å². The number of hydrogen-bond donors (Lipinski definition) is 2. The highest BCUT2D eigenvalue weighted by Gasteiger charge is 2.49. The van der Waals surface area contributed by atoms with Crippen molar-refractivity contribution in [3.63, 3.8) is 0 Å². The van der Waals surface area contributed by atoms with E-state index in [4.69, 9.17) is 10.6 Å². The number of carbonyl (C=O) groups excluding carboxylic acids is 1. The largest absolute Gasteiger partial charge is 0.493 e. The van der Waals surface area contributed by atoms with Crippen molar-refractivity contribution in [1.82, 2.24) is 25.0 Å². The molecule has 0 saturated carbocycles. The minimum absolute atomic E-state index is 0.0147. The number of alkyl halides is 3. The van der Waals surface area contributed by atoms with Crippen LogP contribution in [0.3, 0.4) is 0 Å². The zero-order valence-electron chi connectivity index (χ0n) is 18.7. The fourth-order valence-corrected chi connectivity index (χ4v) is 3.90. The molecule has 0 aliphatic carbocycles. The fourth-order valence-electron chi connectivity index (χ4n) is 3.90. The molecule has 2 aliphatic rings. The van der Waals surface area contributed by atoms with E-state index < -0.39 is 24.0 Å². The summed E-state index contributed by atoms with van der Waals surface area (Å²) in [6.45, 7) is 3.67. The van der Waals surface area contributed by atoms with Gasteiger partial charge in [0.25, 0.3) is 5.56 Å². The Morgan fingerprint density at radius 2 is 2.03 bits per heavy atom. The van der Waals surface area contributed by atoms with Crippen LogP contribution in [0.1, 0.15) is 12.5 Å². The van der Waals surface area contributed by atoms with Crippen LogP contribution >= 0.6 is 0 Å². The molecule has 0 bridgehead atoms.